The van der Waals surface area contributed by atoms with Crippen LogP contribution < -0.4 is 15.4 Å². The van der Waals surface area contributed by atoms with E-state index in [0.29, 0.717) is 12.8 Å². The fraction of sp³-hybridized carbons (Fsp3) is 0.350. The minimum absolute atomic E-state index is 0.177. The van der Waals surface area contributed by atoms with Gasteiger partial charge < -0.3 is 15.4 Å². The van der Waals surface area contributed by atoms with Gasteiger partial charge in [-0.3, -0.25) is 4.79 Å². The van der Waals surface area contributed by atoms with Crippen molar-refractivity contribution in [2.45, 2.75) is 42.3 Å². The number of carbonyl (C=O) groups is 1. The molecule has 1 saturated carbocycles. The van der Waals surface area contributed by atoms with Gasteiger partial charge in [-0.05, 0) is 44.0 Å². The summed E-state index contributed by atoms with van der Waals surface area (Å²) in [5.41, 5.74) is -0.325. The Morgan fingerprint density at radius 1 is 1.20 bits per heavy atom. The molecule has 0 bridgehead atoms. The third-order valence-corrected chi connectivity index (χ3v) is 7.24. The lowest BCUT2D eigenvalue weighted by Crippen LogP contribution is -2.29. The van der Waals surface area contributed by atoms with Gasteiger partial charge in [-0.15, -0.1) is 18.3 Å². The number of nitrogens with one attached hydrogen (secondary N) is 2. The normalized spacial score (nSPS) is 14.9. The fourth-order valence-corrected chi connectivity index (χ4v) is 4.95. The van der Waals surface area contributed by atoms with E-state index in [2.05, 4.69) is 35.4 Å². The average Bonchev–Trinajstić information content (AvgIpc) is 3.58. The Morgan fingerprint density at radius 3 is 2.49 bits per heavy atom. The monoisotopic (exact) mass is 511 g/mol. The first-order valence-corrected chi connectivity index (χ1v) is 11.9. The van der Waals surface area contributed by atoms with Gasteiger partial charge in [0.05, 0.1) is 16.2 Å². The molecule has 3 aromatic rings. The van der Waals surface area contributed by atoms with E-state index in [1.54, 1.807) is 20.0 Å². The van der Waals surface area contributed by atoms with E-state index in [9.17, 15) is 26.4 Å². The third-order valence-electron chi connectivity index (χ3n) is 5.00. The van der Waals surface area contributed by atoms with E-state index in [1.165, 1.54) is 17.1 Å². The second-order valence-electron chi connectivity index (χ2n) is 7.68. The minimum Gasteiger partial charge on any atom is -0.406 e. The second kappa shape index (κ2) is 9.13. The first kappa shape index (κ1) is 24.4. The van der Waals surface area contributed by atoms with Crippen LogP contribution in [0.4, 0.5) is 19.1 Å². The number of sulfone groups is 1. The molecule has 11 nitrogen and oxygen atoms in total. The molecule has 0 radical (unpaired) electrons. The average molecular weight is 511 g/mol. The van der Waals surface area contributed by atoms with Gasteiger partial charge in [-0.1, -0.05) is 0 Å². The number of amides is 1. The summed E-state index contributed by atoms with van der Waals surface area (Å²) in [7, 11) is -2.31. The van der Waals surface area contributed by atoms with Crippen molar-refractivity contribution in [3.8, 4) is 11.7 Å². The maximum absolute atomic E-state index is 13.0. The zero-order valence-electron chi connectivity index (χ0n) is 18.4. The molecular weight excluding hydrogens is 491 g/mol. The minimum atomic E-state index is -5.07. The lowest BCUT2D eigenvalue weighted by Gasteiger charge is -2.16. The number of halogens is 3. The molecule has 0 aliphatic heterocycles. The Labute approximate surface area is 197 Å². The van der Waals surface area contributed by atoms with E-state index < -0.39 is 44.0 Å². The topological polar surface area (TPSA) is 141 Å². The summed E-state index contributed by atoms with van der Waals surface area (Å²) in [6.07, 6.45) is -1.29. The number of anilines is 1. The van der Waals surface area contributed by atoms with Gasteiger partial charge >= 0.3 is 6.36 Å². The molecule has 4 rings (SSSR count). The van der Waals surface area contributed by atoms with Gasteiger partial charge in [0.25, 0.3) is 11.9 Å². The van der Waals surface area contributed by atoms with Crippen molar-refractivity contribution in [3.63, 3.8) is 0 Å². The largest absolute Gasteiger partial charge is 0.573 e. The highest BCUT2D eigenvalue weighted by Gasteiger charge is 2.38. The number of ether oxygens (including phenoxy) is 1. The van der Waals surface area contributed by atoms with E-state index in [4.69, 9.17) is 0 Å². The quantitative estimate of drug-likeness (QED) is 0.466. The van der Waals surface area contributed by atoms with Crippen molar-refractivity contribution in [1.82, 2.24) is 30.0 Å². The number of hydrogen-bond donors (Lipinski definition) is 2. The fourth-order valence-electron chi connectivity index (χ4n) is 3.23. The van der Waals surface area contributed by atoms with E-state index in [0.717, 1.165) is 18.2 Å². The molecular formula is C20H20F3N7O4S. The van der Waals surface area contributed by atoms with Crippen molar-refractivity contribution in [2.24, 2.45) is 0 Å². The highest BCUT2D eigenvalue weighted by Crippen LogP contribution is 2.36. The van der Waals surface area contributed by atoms with Crippen LogP contribution in [0.2, 0.25) is 0 Å². The summed E-state index contributed by atoms with van der Waals surface area (Å²) in [5, 5.41) is 8.89. The Balaban J connectivity index is 1.66. The number of carbonyl (C=O) groups excluding carboxylic acids is 1. The zero-order valence-corrected chi connectivity index (χ0v) is 19.3. The van der Waals surface area contributed by atoms with Crippen LogP contribution in [-0.2, 0) is 9.84 Å². The second-order valence-corrected chi connectivity index (χ2v) is 9.91. The zero-order chi connectivity index (χ0) is 25.4. The number of benzene rings is 1. The lowest BCUT2D eigenvalue weighted by atomic mass is 10.2. The molecule has 1 aromatic carbocycles. The predicted octanol–water partition coefficient (Wildman–Crippen LogP) is 2.42. The smallest absolute Gasteiger partial charge is 0.406 e. The summed E-state index contributed by atoms with van der Waals surface area (Å²) < 4.78 is 69.0. The number of alkyl halides is 3. The van der Waals surface area contributed by atoms with E-state index in [-0.39, 0.29) is 23.3 Å². The van der Waals surface area contributed by atoms with Crippen molar-refractivity contribution < 1.29 is 31.1 Å². The number of hydrogen-bond acceptors (Lipinski definition) is 9. The maximum atomic E-state index is 13.0. The molecule has 1 atom stereocenters. The molecule has 0 unspecified atom stereocenters. The molecule has 35 heavy (non-hydrogen) atoms. The molecule has 15 heteroatoms. The molecule has 1 amide bonds. The molecule has 1 fully saturated rings. The maximum Gasteiger partial charge on any atom is 0.573 e. The van der Waals surface area contributed by atoms with Gasteiger partial charge in [0.2, 0.25) is 5.95 Å². The molecule has 1 aliphatic rings. The van der Waals surface area contributed by atoms with Gasteiger partial charge in [0.15, 0.2) is 15.7 Å². The van der Waals surface area contributed by atoms with E-state index in [1.807, 2.05) is 0 Å². The van der Waals surface area contributed by atoms with Crippen molar-refractivity contribution in [2.75, 3.05) is 12.4 Å². The van der Waals surface area contributed by atoms with Crippen LogP contribution in [0.15, 0.2) is 41.6 Å². The molecule has 1 aliphatic carbocycles. The molecule has 2 heterocycles. The molecule has 186 valence electrons. The Kier molecular flexibility index (Phi) is 6.36. The summed E-state index contributed by atoms with van der Waals surface area (Å²) in [6.45, 7) is 1.57. The van der Waals surface area contributed by atoms with Gasteiger partial charge in [0, 0.05) is 25.0 Å². The summed E-state index contributed by atoms with van der Waals surface area (Å²) >= 11 is 0. The van der Waals surface area contributed by atoms with Crippen LogP contribution in [-0.4, -0.2) is 57.7 Å². The van der Waals surface area contributed by atoms with Gasteiger partial charge in [-0.25, -0.2) is 18.4 Å². The first-order chi connectivity index (χ1) is 16.5. The molecule has 0 spiro atoms. The Morgan fingerprint density at radius 2 is 1.89 bits per heavy atom. The van der Waals surface area contributed by atoms with Crippen molar-refractivity contribution >= 4 is 21.7 Å². The van der Waals surface area contributed by atoms with Crippen LogP contribution in [0.25, 0.3) is 5.95 Å². The van der Waals surface area contributed by atoms with Crippen molar-refractivity contribution in [3.05, 3.63) is 48.0 Å². The van der Waals surface area contributed by atoms with Crippen LogP contribution in [0.5, 0.6) is 5.75 Å². The van der Waals surface area contributed by atoms with Crippen LogP contribution >= 0.6 is 0 Å². The van der Waals surface area contributed by atoms with Crippen molar-refractivity contribution in [1.29, 1.82) is 0 Å². The standard InChI is InChI=1S/C20H20F3N7O4S/c1-11(16-28-18(24-2)29-30(16)19-25-6-3-7-26-19)27-17(31)12-8-13(34-20(21,22)23)10-15(9-12)35(32,33)14-4-5-14/h3,6-11,14H,4-5H2,1-2H3,(H,24,29)(H,27,31)/t11-/m0/s1. The first-order valence-electron chi connectivity index (χ1n) is 10.4. The summed E-state index contributed by atoms with van der Waals surface area (Å²) in [5.74, 6) is -1.03. The van der Waals surface area contributed by atoms with Gasteiger partial charge in [0.1, 0.15) is 5.75 Å². The predicted molar refractivity (Wildman–Crippen MR) is 116 cm³/mol. The van der Waals surface area contributed by atoms with Crippen LogP contribution in [0, 0.1) is 0 Å². The lowest BCUT2D eigenvalue weighted by molar-refractivity contribution is -0.274. The number of aromatic nitrogens is 5. The summed E-state index contributed by atoms with van der Waals surface area (Å²) in [4.78, 5) is 25.1. The van der Waals surface area contributed by atoms with Crippen LogP contribution in [0.3, 0.4) is 0 Å². The Hall–Kier alpha value is -3.75. The Bertz CT molecular complexity index is 1340. The highest BCUT2D eigenvalue weighted by molar-refractivity contribution is 7.92. The summed E-state index contributed by atoms with van der Waals surface area (Å²) in [6, 6.07) is 3.41. The molecule has 2 aromatic heterocycles. The highest BCUT2D eigenvalue weighted by atomic mass is 32.2. The van der Waals surface area contributed by atoms with Crippen LogP contribution in [0.1, 0.15) is 42.0 Å². The SMILES string of the molecule is CNc1nc([C@H](C)NC(=O)c2cc(OC(F)(F)F)cc(S(=O)(=O)C3CC3)c2)n(-c2ncccn2)n1. The van der Waals surface area contributed by atoms with E-state index >= 15 is 0 Å². The number of rotatable bonds is 8. The number of nitrogens with zero attached hydrogens (tertiary/aromatic N) is 5. The third kappa shape index (κ3) is 5.50. The molecule has 2 N–H and O–H groups in total. The van der Waals surface area contributed by atoms with Gasteiger partial charge in [-0.2, -0.15) is 9.67 Å². The molecule has 0 saturated heterocycles.